The lowest BCUT2D eigenvalue weighted by Gasteiger charge is -2.06. The molecule has 0 radical (unpaired) electrons. The van der Waals surface area contributed by atoms with Crippen LogP contribution in [0.1, 0.15) is 29.6 Å². The Labute approximate surface area is 121 Å². The Kier molecular flexibility index (Phi) is 7.18. The number of Topliss-reactive ketones (excluding diaryl/α,β-unsaturated/α-hetero) is 1. The van der Waals surface area contributed by atoms with Crippen LogP contribution >= 0.6 is 15.9 Å². The summed E-state index contributed by atoms with van der Waals surface area (Å²) in [4.78, 5) is 22.3. The van der Waals surface area contributed by atoms with Crippen molar-refractivity contribution in [1.82, 2.24) is 0 Å². The second-order valence-corrected chi connectivity index (χ2v) is 4.52. The van der Waals surface area contributed by atoms with E-state index in [1.54, 1.807) is 24.3 Å². The van der Waals surface area contributed by atoms with E-state index >= 15 is 0 Å². The van der Waals surface area contributed by atoms with Crippen LogP contribution in [-0.2, 0) is 9.53 Å². The fourth-order valence-electron chi connectivity index (χ4n) is 1.48. The highest BCUT2D eigenvalue weighted by molar-refractivity contribution is 9.09. The lowest BCUT2D eigenvalue weighted by Crippen LogP contribution is -2.03. The lowest BCUT2D eigenvalue weighted by molar-refractivity contribution is -0.140. The molecule has 0 unspecified atom stereocenters. The van der Waals surface area contributed by atoms with Crippen molar-refractivity contribution in [3.63, 3.8) is 0 Å². The molecule has 1 rings (SSSR count). The first-order valence-corrected chi connectivity index (χ1v) is 7.18. The van der Waals surface area contributed by atoms with Gasteiger partial charge in [0.15, 0.2) is 5.78 Å². The van der Waals surface area contributed by atoms with E-state index < -0.39 is 0 Å². The normalized spacial score (nSPS) is 10.0. The minimum Gasteiger partial charge on any atom is -0.494 e. The third-order valence-electron chi connectivity index (χ3n) is 2.57. The van der Waals surface area contributed by atoms with Crippen molar-refractivity contribution in [3.05, 3.63) is 29.8 Å². The second kappa shape index (κ2) is 8.69. The highest BCUT2D eigenvalue weighted by Crippen LogP contribution is 2.14. The van der Waals surface area contributed by atoms with E-state index in [0.29, 0.717) is 23.9 Å². The number of esters is 1. The zero-order valence-electron chi connectivity index (χ0n) is 10.9. The van der Waals surface area contributed by atoms with Crippen molar-refractivity contribution in [1.29, 1.82) is 0 Å². The molecule has 0 aromatic heterocycles. The fraction of sp³-hybridized carbons (Fsp3) is 0.429. The Hall–Kier alpha value is -1.36. The third-order valence-corrected chi connectivity index (χ3v) is 3.08. The molecule has 0 bridgehead atoms. The minimum atomic E-state index is -0.197. The number of unbranched alkanes of at least 4 members (excludes halogenated alkanes) is 1. The van der Waals surface area contributed by atoms with Crippen molar-refractivity contribution in [2.75, 3.05) is 19.0 Å². The predicted molar refractivity (Wildman–Crippen MR) is 75.9 cm³/mol. The van der Waals surface area contributed by atoms with Crippen LogP contribution in [0.5, 0.6) is 5.75 Å². The number of carbonyl (C=O) groups excluding carboxylic acids is 2. The summed E-state index contributed by atoms with van der Waals surface area (Å²) in [7, 11) is 1.38. The van der Waals surface area contributed by atoms with Gasteiger partial charge in [-0.3, -0.25) is 9.59 Å². The van der Waals surface area contributed by atoms with Crippen molar-refractivity contribution >= 4 is 27.7 Å². The number of ketones is 1. The molecule has 0 aliphatic heterocycles. The van der Waals surface area contributed by atoms with Gasteiger partial charge in [-0.2, -0.15) is 0 Å². The van der Waals surface area contributed by atoms with Crippen LogP contribution in [0, 0.1) is 0 Å². The lowest BCUT2D eigenvalue weighted by atomic mass is 10.1. The molecule has 0 aliphatic rings. The number of halogens is 1. The largest absolute Gasteiger partial charge is 0.494 e. The summed E-state index contributed by atoms with van der Waals surface area (Å²) >= 11 is 3.13. The zero-order valence-corrected chi connectivity index (χ0v) is 12.4. The van der Waals surface area contributed by atoms with Gasteiger partial charge in [-0.15, -0.1) is 0 Å². The molecule has 0 heterocycles. The molecule has 0 spiro atoms. The highest BCUT2D eigenvalue weighted by atomic mass is 79.9. The van der Waals surface area contributed by atoms with Crippen molar-refractivity contribution in [2.24, 2.45) is 0 Å². The summed E-state index contributed by atoms with van der Waals surface area (Å²) in [6.45, 7) is 0.544. The van der Waals surface area contributed by atoms with Gasteiger partial charge in [-0.05, 0) is 37.1 Å². The zero-order chi connectivity index (χ0) is 14.1. The third kappa shape index (κ3) is 5.87. The first-order valence-electron chi connectivity index (χ1n) is 6.06. The number of hydrogen-bond acceptors (Lipinski definition) is 4. The molecular formula is C14H17BrO4. The van der Waals surface area contributed by atoms with Gasteiger partial charge in [0.05, 0.1) is 19.0 Å². The molecular weight excluding hydrogens is 312 g/mol. The van der Waals surface area contributed by atoms with Crippen LogP contribution < -0.4 is 4.74 Å². The molecule has 104 valence electrons. The number of ether oxygens (including phenoxy) is 2. The molecule has 19 heavy (non-hydrogen) atoms. The van der Waals surface area contributed by atoms with Crippen molar-refractivity contribution in [3.8, 4) is 5.75 Å². The molecule has 1 aromatic carbocycles. The minimum absolute atomic E-state index is 0.0460. The topological polar surface area (TPSA) is 52.6 Å². The number of alkyl halides is 1. The summed E-state index contributed by atoms with van der Waals surface area (Å²) in [5, 5.41) is 0.320. The molecule has 0 N–H and O–H groups in total. The van der Waals surface area contributed by atoms with E-state index in [9.17, 15) is 9.59 Å². The number of benzene rings is 1. The van der Waals surface area contributed by atoms with Crippen LogP contribution in [0.2, 0.25) is 0 Å². The highest BCUT2D eigenvalue weighted by Gasteiger charge is 2.04. The molecule has 1 aromatic rings. The Morgan fingerprint density at radius 3 is 2.42 bits per heavy atom. The maximum Gasteiger partial charge on any atom is 0.305 e. The maximum atomic E-state index is 11.4. The maximum absolute atomic E-state index is 11.4. The molecule has 0 aliphatic carbocycles. The number of hydrogen-bond donors (Lipinski definition) is 0. The molecule has 0 saturated carbocycles. The average Bonchev–Trinajstić information content (AvgIpc) is 2.46. The molecule has 0 atom stereocenters. The first-order chi connectivity index (χ1) is 9.17. The van der Waals surface area contributed by atoms with E-state index in [4.69, 9.17) is 4.74 Å². The second-order valence-electron chi connectivity index (χ2n) is 3.96. The van der Waals surface area contributed by atoms with Crippen LogP contribution in [0.4, 0.5) is 0 Å². The smallest absolute Gasteiger partial charge is 0.305 e. The molecule has 0 amide bonds. The average molecular weight is 329 g/mol. The fourth-order valence-corrected chi connectivity index (χ4v) is 1.80. The molecule has 0 fully saturated rings. The standard InChI is InChI=1S/C14H17BrO4/c1-18-14(17)4-2-3-9-19-12-7-5-11(6-8-12)13(16)10-15/h5-8H,2-4,9-10H2,1H3. The number of rotatable bonds is 8. The van der Waals surface area contributed by atoms with Crippen LogP contribution in [0.3, 0.4) is 0 Å². The Morgan fingerprint density at radius 2 is 1.84 bits per heavy atom. The summed E-state index contributed by atoms with van der Waals surface area (Å²) in [6.07, 6.45) is 1.95. The van der Waals surface area contributed by atoms with Gasteiger partial charge in [0, 0.05) is 12.0 Å². The van der Waals surface area contributed by atoms with Gasteiger partial charge < -0.3 is 9.47 Å². The number of methoxy groups -OCH3 is 1. The molecule has 5 heteroatoms. The van der Waals surface area contributed by atoms with Gasteiger partial charge in [0.2, 0.25) is 0 Å². The van der Waals surface area contributed by atoms with Crippen LogP contribution in [0.15, 0.2) is 24.3 Å². The van der Waals surface area contributed by atoms with E-state index in [2.05, 4.69) is 20.7 Å². The molecule has 4 nitrogen and oxygen atoms in total. The van der Waals surface area contributed by atoms with Crippen LogP contribution in [0.25, 0.3) is 0 Å². The monoisotopic (exact) mass is 328 g/mol. The van der Waals surface area contributed by atoms with Gasteiger partial charge in [-0.1, -0.05) is 15.9 Å². The first kappa shape index (κ1) is 15.7. The summed E-state index contributed by atoms with van der Waals surface area (Å²) in [5.41, 5.74) is 0.662. The van der Waals surface area contributed by atoms with Gasteiger partial charge >= 0.3 is 5.97 Å². The van der Waals surface area contributed by atoms with Crippen molar-refractivity contribution < 1.29 is 19.1 Å². The van der Waals surface area contributed by atoms with Gasteiger partial charge in [0.25, 0.3) is 0 Å². The van der Waals surface area contributed by atoms with Crippen LogP contribution in [-0.4, -0.2) is 30.8 Å². The predicted octanol–water partition coefficient (Wildman–Crippen LogP) is 2.99. The SMILES string of the molecule is COC(=O)CCCCOc1ccc(C(=O)CBr)cc1. The summed E-state index contributed by atoms with van der Waals surface area (Å²) < 4.78 is 10.1. The van der Waals surface area contributed by atoms with Gasteiger partial charge in [-0.25, -0.2) is 0 Å². The Balaban J connectivity index is 2.26. The van der Waals surface area contributed by atoms with Crippen molar-refractivity contribution in [2.45, 2.75) is 19.3 Å². The Morgan fingerprint density at radius 1 is 1.16 bits per heavy atom. The van der Waals surface area contributed by atoms with E-state index in [1.807, 2.05) is 0 Å². The quantitative estimate of drug-likeness (QED) is 0.318. The number of carbonyl (C=O) groups is 2. The van der Waals surface area contributed by atoms with E-state index in [-0.39, 0.29) is 11.8 Å². The van der Waals surface area contributed by atoms with E-state index in [0.717, 1.165) is 18.6 Å². The summed E-state index contributed by atoms with van der Waals surface area (Å²) in [6, 6.07) is 7.03. The summed E-state index contributed by atoms with van der Waals surface area (Å²) in [5.74, 6) is 0.575. The Bertz CT molecular complexity index is 414. The van der Waals surface area contributed by atoms with Gasteiger partial charge in [0.1, 0.15) is 5.75 Å². The molecule has 0 saturated heterocycles. The van der Waals surface area contributed by atoms with E-state index in [1.165, 1.54) is 7.11 Å².